The minimum Gasteiger partial charge on any atom is -0.480 e. The Balaban J connectivity index is 1.98. The van der Waals surface area contributed by atoms with Crippen LogP contribution < -0.4 is 5.32 Å². The lowest BCUT2D eigenvalue weighted by Gasteiger charge is -2.17. The molecule has 20 heavy (non-hydrogen) atoms. The minimum absolute atomic E-state index is 0.234. The quantitative estimate of drug-likeness (QED) is 0.852. The number of amides is 1. The van der Waals surface area contributed by atoms with E-state index >= 15 is 0 Å². The first kappa shape index (κ1) is 15.0. The molecule has 1 aromatic rings. The molecule has 0 aliphatic carbocycles. The van der Waals surface area contributed by atoms with Gasteiger partial charge >= 0.3 is 5.97 Å². The van der Waals surface area contributed by atoms with Gasteiger partial charge in [-0.05, 0) is 24.1 Å². The summed E-state index contributed by atoms with van der Waals surface area (Å²) < 4.78 is 6.07. The lowest BCUT2D eigenvalue weighted by Crippen LogP contribution is -2.45. The smallest absolute Gasteiger partial charge is 0.326 e. The lowest BCUT2D eigenvalue weighted by molar-refractivity contribution is -0.142. The Hall–Kier alpha value is -1.40. The monoisotopic (exact) mass is 341 g/mol. The van der Waals surface area contributed by atoms with Gasteiger partial charge in [-0.25, -0.2) is 4.79 Å². The zero-order chi connectivity index (χ0) is 14.5. The SMILES string of the molecule is O=C(N[C@@H](Cc1ccc(Br)cc1)C(=O)O)[C@H]1CCOC1. The van der Waals surface area contributed by atoms with E-state index in [1.165, 1.54) is 0 Å². The third-order valence-electron chi connectivity index (χ3n) is 3.27. The zero-order valence-corrected chi connectivity index (χ0v) is 12.4. The molecule has 1 amide bonds. The number of aliphatic carboxylic acids is 1. The van der Waals surface area contributed by atoms with E-state index < -0.39 is 12.0 Å². The van der Waals surface area contributed by atoms with Crippen LogP contribution in [0, 0.1) is 5.92 Å². The molecule has 0 saturated carbocycles. The summed E-state index contributed by atoms with van der Waals surface area (Å²) in [6, 6.07) is 6.46. The average Bonchev–Trinajstić information content (AvgIpc) is 2.94. The predicted molar refractivity (Wildman–Crippen MR) is 76.3 cm³/mol. The van der Waals surface area contributed by atoms with Crippen molar-refractivity contribution in [2.45, 2.75) is 18.9 Å². The fraction of sp³-hybridized carbons (Fsp3) is 0.429. The third kappa shape index (κ3) is 4.05. The van der Waals surface area contributed by atoms with Crippen molar-refractivity contribution in [2.24, 2.45) is 5.92 Å². The fourth-order valence-electron chi connectivity index (χ4n) is 2.09. The Morgan fingerprint density at radius 3 is 2.65 bits per heavy atom. The summed E-state index contributed by atoms with van der Waals surface area (Å²) in [6.45, 7) is 0.930. The summed E-state index contributed by atoms with van der Waals surface area (Å²) in [6.07, 6.45) is 0.915. The first-order valence-corrected chi connectivity index (χ1v) is 7.21. The van der Waals surface area contributed by atoms with Gasteiger partial charge in [0.1, 0.15) is 6.04 Å². The van der Waals surface area contributed by atoms with Crippen molar-refractivity contribution < 1.29 is 19.4 Å². The number of hydrogen-bond donors (Lipinski definition) is 2. The van der Waals surface area contributed by atoms with Gasteiger partial charge in [-0.2, -0.15) is 0 Å². The van der Waals surface area contributed by atoms with Crippen molar-refractivity contribution in [1.82, 2.24) is 5.32 Å². The largest absolute Gasteiger partial charge is 0.480 e. The molecule has 6 heteroatoms. The van der Waals surface area contributed by atoms with Gasteiger partial charge in [0, 0.05) is 17.5 Å². The number of carbonyl (C=O) groups excluding carboxylic acids is 1. The number of ether oxygens (including phenoxy) is 1. The highest BCUT2D eigenvalue weighted by atomic mass is 79.9. The number of rotatable bonds is 5. The summed E-state index contributed by atoms with van der Waals surface area (Å²) >= 11 is 3.33. The molecule has 2 rings (SSSR count). The van der Waals surface area contributed by atoms with Crippen molar-refractivity contribution in [3.8, 4) is 0 Å². The van der Waals surface area contributed by atoms with Crippen LogP contribution in [-0.2, 0) is 20.7 Å². The van der Waals surface area contributed by atoms with Gasteiger partial charge in [-0.15, -0.1) is 0 Å². The Kier molecular flexibility index (Phi) is 5.14. The number of nitrogens with one attached hydrogen (secondary N) is 1. The maximum absolute atomic E-state index is 11.9. The minimum atomic E-state index is -1.03. The number of hydrogen-bond acceptors (Lipinski definition) is 3. The number of carboxylic acid groups (broad SMARTS) is 1. The normalized spacial score (nSPS) is 19.6. The molecule has 0 aromatic heterocycles. The van der Waals surface area contributed by atoms with E-state index in [9.17, 15) is 14.7 Å². The molecule has 1 aromatic carbocycles. The Morgan fingerprint density at radius 2 is 2.10 bits per heavy atom. The summed E-state index contributed by atoms with van der Waals surface area (Å²) in [4.78, 5) is 23.2. The van der Waals surface area contributed by atoms with E-state index in [-0.39, 0.29) is 18.2 Å². The van der Waals surface area contributed by atoms with E-state index in [4.69, 9.17) is 4.74 Å². The highest BCUT2D eigenvalue weighted by Crippen LogP contribution is 2.14. The summed E-state index contributed by atoms with van der Waals surface area (Å²) in [5.41, 5.74) is 0.864. The maximum Gasteiger partial charge on any atom is 0.326 e. The summed E-state index contributed by atoms with van der Waals surface area (Å²) in [5, 5.41) is 11.8. The molecule has 1 aliphatic rings. The number of benzene rings is 1. The Labute approximate surface area is 125 Å². The van der Waals surface area contributed by atoms with Gasteiger partial charge in [0.05, 0.1) is 12.5 Å². The predicted octanol–water partition coefficient (Wildman–Crippen LogP) is 1.60. The van der Waals surface area contributed by atoms with Gasteiger partial charge in [-0.3, -0.25) is 4.79 Å². The molecule has 0 radical (unpaired) electrons. The van der Waals surface area contributed by atoms with E-state index in [0.717, 1.165) is 10.0 Å². The second-order valence-electron chi connectivity index (χ2n) is 4.79. The van der Waals surface area contributed by atoms with Crippen LogP contribution in [-0.4, -0.2) is 36.2 Å². The van der Waals surface area contributed by atoms with Crippen LogP contribution in [0.15, 0.2) is 28.7 Å². The summed E-state index contributed by atoms with van der Waals surface area (Å²) in [7, 11) is 0. The molecule has 5 nitrogen and oxygen atoms in total. The Morgan fingerprint density at radius 1 is 1.40 bits per heavy atom. The standard InChI is InChI=1S/C14H16BrNO4/c15-11-3-1-9(2-4-11)7-12(14(18)19)16-13(17)10-5-6-20-8-10/h1-4,10,12H,5-8H2,(H,16,17)(H,18,19)/t10-,12-/m0/s1. The highest BCUT2D eigenvalue weighted by molar-refractivity contribution is 9.10. The van der Waals surface area contributed by atoms with Crippen molar-refractivity contribution in [2.75, 3.05) is 13.2 Å². The van der Waals surface area contributed by atoms with Gasteiger partial charge in [-0.1, -0.05) is 28.1 Å². The van der Waals surface area contributed by atoms with Gasteiger partial charge in [0.15, 0.2) is 0 Å². The molecular formula is C14H16BrNO4. The van der Waals surface area contributed by atoms with Crippen molar-refractivity contribution in [3.63, 3.8) is 0 Å². The van der Waals surface area contributed by atoms with Crippen LogP contribution in [0.1, 0.15) is 12.0 Å². The van der Waals surface area contributed by atoms with Gasteiger partial charge in [0.25, 0.3) is 0 Å². The number of halogens is 1. The first-order valence-electron chi connectivity index (χ1n) is 6.41. The zero-order valence-electron chi connectivity index (χ0n) is 10.8. The van der Waals surface area contributed by atoms with Crippen LogP contribution in [0.25, 0.3) is 0 Å². The molecule has 2 atom stereocenters. The molecule has 0 unspecified atom stereocenters. The third-order valence-corrected chi connectivity index (χ3v) is 3.80. The molecule has 0 spiro atoms. The van der Waals surface area contributed by atoms with Crippen LogP contribution in [0.2, 0.25) is 0 Å². The summed E-state index contributed by atoms with van der Waals surface area (Å²) in [5.74, 6) is -1.51. The van der Waals surface area contributed by atoms with Crippen molar-refractivity contribution >= 4 is 27.8 Å². The number of carbonyl (C=O) groups is 2. The number of carboxylic acids is 1. The van der Waals surface area contributed by atoms with Gasteiger partial charge in [0.2, 0.25) is 5.91 Å². The molecule has 1 fully saturated rings. The van der Waals surface area contributed by atoms with Crippen LogP contribution in [0.3, 0.4) is 0 Å². The maximum atomic E-state index is 11.9. The topological polar surface area (TPSA) is 75.6 Å². The molecule has 1 aliphatic heterocycles. The van der Waals surface area contributed by atoms with Crippen LogP contribution in [0.5, 0.6) is 0 Å². The second kappa shape index (κ2) is 6.85. The van der Waals surface area contributed by atoms with Gasteiger partial charge < -0.3 is 15.2 Å². The fourth-order valence-corrected chi connectivity index (χ4v) is 2.35. The van der Waals surface area contributed by atoms with E-state index in [1.807, 2.05) is 24.3 Å². The average molecular weight is 342 g/mol. The van der Waals surface area contributed by atoms with Crippen LogP contribution in [0.4, 0.5) is 0 Å². The van der Waals surface area contributed by atoms with E-state index in [1.54, 1.807) is 0 Å². The second-order valence-corrected chi connectivity index (χ2v) is 5.71. The first-order chi connectivity index (χ1) is 9.56. The highest BCUT2D eigenvalue weighted by Gasteiger charge is 2.28. The molecule has 1 saturated heterocycles. The van der Waals surface area contributed by atoms with E-state index in [0.29, 0.717) is 19.6 Å². The molecule has 108 valence electrons. The molecule has 0 bridgehead atoms. The van der Waals surface area contributed by atoms with E-state index in [2.05, 4.69) is 21.2 Å². The van der Waals surface area contributed by atoms with Crippen LogP contribution >= 0.6 is 15.9 Å². The van der Waals surface area contributed by atoms with Crippen molar-refractivity contribution in [3.05, 3.63) is 34.3 Å². The lowest BCUT2D eigenvalue weighted by atomic mass is 10.0. The molecular weight excluding hydrogens is 326 g/mol. The molecule has 2 N–H and O–H groups in total. The Bertz CT molecular complexity index is 482. The molecule has 1 heterocycles. The van der Waals surface area contributed by atoms with Crippen molar-refractivity contribution in [1.29, 1.82) is 0 Å².